The van der Waals surface area contributed by atoms with Crippen LogP contribution in [0.5, 0.6) is 5.75 Å². The van der Waals surface area contributed by atoms with E-state index >= 15 is 0 Å². The quantitative estimate of drug-likeness (QED) is 0.791. The number of Topliss-reactive ketones (excluding diaryl/α,β-unsaturated/α-hetero) is 1. The molecule has 0 amide bonds. The first-order valence-corrected chi connectivity index (χ1v) is 5.87. The van der Waals surface area contributed by atoms with Crippen molar-refractivity contribution in [2.75, 3.05) is 0 Å². The number of ketones is 1. The van der Waals surface area contributed by atoms with Gasteiger partial charge in [0, 0.05) is 23.5 Å². The average molecular weight is 262 g/mol. The van der Waals surface area contributed by atoms with E-state index in [-0.39, 0.29) is 5.78 Å². The monoisotopic (exact) mass is 261 g/mol. The van der Waals surface area contributed by atoms with Gasteiger partial charge in [-0.3, -0.25) is 9.78 Å². The van der Waals surface area contributed by atoms with Crippen molar-refractivity contribution in [3.05, 3.63) is 58.9 Å². The van der Waals surface area contributed by atoms with E-state index in [0.717, 1.165) is 5.56 Å². The minimum absolute atomic E-state index is 0.0161. The second kappa shape index (κ2) is 5.65. The molecule has 0 aliphatic rings. The summed E-state index contributed by atoms with van der Waals surface area (Å²) >= 11 is 5.98. The third kappa shape index (κ3) is 3.08. The standard InChI is InChI=1S/C14H12ClNO2/c1-10(17)11-3-2-4-13(7-11)18-9-12-5-6-16-8-14(12)15/h2-8H,9H2,1H3. The van der Waals surface area contributed by atoms with Gasteiger partial charge >= 0.3 is 0 Å². The summed E-state index contributed by atoms with van der Waals surface area (Å²) in [4.78, 5) is 15.1. The maximum atomic E-state index is 11.2. The minimum Gasteiger partial charge on any atom is -0.489 e. The van der Waals surface area contributed by atoms with Gasteiger partial charge in [0.1, 0.15) is 12.4 Å². The van der Waals surface area contributed by atoms with Crippen LogP contribution < -0.4 is 4.74 Å². The van der Waals surface area contributed by atoms with E-state index in [1.807, 2.05) is 6.07 Å². The molecular weight excluding hydrogens is 250 g/mol. The van der Waals surface area contributed by atoms with E-state index in [4.69, 9.17) is 16.3 Å². The normalized spacial score (nSPS) is 10.1. The van der Waals surface area contributed by atoms with Crippen LogP contribution in [-0.2, 0) is 6.61 Å². The van der Waals surface area contributed by atoms with E-state index in [0.29, 0.717) is 22.9 Å². The summed E-state index contributed by atoms with van der Waals surface area (Å²) in [5.74, 6) is 0.665. The Morgan fingerprint density at radius 3 is 2.94 bits per heavy atom. The number of hydrogen-bond donors (Lipinski definition) is 0. The fraction of sp³-hybridized carbons (Fsp3) is 0.143. The molecule has 0 N–H and O–H groups in total. The molecule has 0 spiro atoms. The zero-order valence-electron chi connectivity index (χ0n) is 9.89. The van der Waals surface area contributed by atoms with Gasteiger partial charge in [0.05, 0.1) is 5.02 Å². The molecular formula is C14H12ClNO2. The molecule has 3 nitrogen and oxygen atoms in total. The lowest BCUT2D eigenvalue weighted by Gasteiger charge is -2.08. The molecule has 1 aromatic heterocycles. The Bertz CT molecular complexity index is 569. The lowest BCUT2D eigenvalue weighted by molar-refractivity contribution is 0.101. The highest BCUT2D eigenvalue weighted by atomic mass is 35.5. The van der Waals surface area contributed by atoms with Crippen LogP contribution in [0, 0.1) is 0 Å². The highest BCUT2D eigenvalue weighted by Gasteiger charge is 2.03. The van der Waals surface area contributed by atoms with Crippen molar-refractivity contribution in [3.8, 4) is 5.75 Å². The fourth-order valence-electron chi connectivity index (χ4n) is 1.49. The average Bonchev–Trinajstić information content (AvgIpc) is 2.38. The molecule has 0 saturated heterocycles. The van der Waals surface area contributed by atoms with Crippen LogP contribution in [0.4, 0.5) is 0 Å². The lowest BCUT2D eigenvalue weighted by atomic mass is 10.1. The van der Waals surface area contributed by atoms with Crippen molar-refractivity contribution in [1.29, 1.82) is 0 Å². The molecule has 18 heavy (non-hydrogen) atoms. The van der Waals surface area contributed by atoms with Crippen molar-refractivity contribution in [1.82, 2.24) is 4.98 Å². The summed E-state index contributed by atoms with van der Waals surface area (Å²) in [6.07, 6.45) is 3.24. The molecule has 0 bridgehead atoms. The Morgan fingerprint density at radius 2 is 2.22 bits per heavy atom. The second-order valence-electron chi connectivity index (χ2n) is 3.84. The highest BCUT2D eigenvalue weighted by Crippen LogP contribution is 2.18. The van der Waals surface area contributed by atoms with E-state index in [9.17, 15) is 4.79 Å². The number of halogens is 1. The van der Waals surface area contributed by atoms with E-state index in [1.54, 1.807) is 36.7 Å². The summed E-state index contributed by atoms with van der Waals surface area (Å²) in [6, 6.07) is 8.88. The molecule has 4 heteroatoms. The molecule has 0 radical (unpaired) electrons. The molecule has 0 unspecified atom stereocenters. The topological polar surface area (TPSA) is 39.2 Å². The Hall–Kier alpha value is -1.87. The van der Waals surface area contributed by atoms with Gasteiger partial charge in [-0.2, -0.15) is 0 Å². The highest BCUT2D eigenvalue weighted by molar-refractivity contribution is 6.31. The van der Waals surface area contributed by atoms with E-state index < -0.39 is 0 Å². The molecule has 0 aliphatic carbocycles. The van der Waals surface area contributed by atoms with Gasteiger partial charge in [0.25, 0.3) is 0 Å². The van der Waals surface area contributed by atoms with Crippen molar-refractivity contribution in [3.63, 3.8) is 0 Å². The number of aromatic nitrogens is 1. The maximum Gasteiger partial charge on any atom is 0.159 e. The van der Waals surface area contributed by atoms with Crippen molar-refractivity contribution >= 4 is 17.4 Å². The van der Waals surface area contributed by atoms with Gasteiger partial charge < -0.3 is 4.74 Å². The Labute approximate surface area is 110 Å². The van der Waals surface area contributed by atoms with Crippen molar-refractivity contribution in [2.24, 2.45) is 0 Å². The fourth-order valence-corrected chi connectivity index (χ4v) is 1.66. The first-order chi connectivity index (χ1) is 8.66. The van der Waals surface area contributed by atoms with Crippen LogP contribution in [0.1, 0.15) is 22.8 Å². The van der Waals surface area contributed by atoms with E-state index in [2.05, 4.69) is 4.98 Å². The minimum atomic E-state index is 0.0161. The number of hydrogen-bond acceptors (Lipinski definition) is 3. The van der Waals surface area contributed by atoms with E-state index in [1.165, 1.54) is 6.92 Å². The third-order valence-corrected chi connectivity index (χ3v) is 2.83. The largest absolute Gasteiger partial charge is 0.489 e. The molecule has 1 heterocycles. The number of carbonyl (C=O) groups is 1. The summed E-state index contributed by atoms with van der Waals surface area (Å²) < 4.78 is 5.60. The summed E-state index contributed by atoms with van der Waals surface area (Å²) in [5, 5.41) is 0.570. The number of carbonyl (C=O) groups excluding carboxylic acids is 1. The first-order valence-electron chi connectivity index (χ1n) is 5.49. The van der Waals surface area contributed by atoms with Gasteiger partial charge in [-0.15, -0.1) is 0 Å². The van der Waals surface area contributed by atoms with Gasteiger partial charge in [0.15, 0.2) is 5.78 Å². The van der Waals surface area contributed by atoms with Gasteiger partial charge in [-0.1, -0.05) is 23.7 Å². The van der Waals surface area contributed by atoms with Crippen LogP contribution in [0.15, 0.2) is 42.7 Å². The number of nitrogens with zero attached hydrogens (tertiary/aromatic N) is 1. The second-order valence-corrected chi connectivity index (χ2v) is 4.25. The van der Waals surface area contributed by atoms with Crippen molar-refractivity contribution < 1.29 is 9.53 Å². The van der Waals surface area contributed by atoms with Crippen molar-refractivity contribution in [2.45, 2.75) is 13.5 Å². The van der Waals surface area contributed by atoms with Crippen LogP contribution in [0.25, 0.3) is 0 Å². The number of ether oxygens (including phenoxy) is 1. The molecule has 0 atom stereocenters. The molecule has 2 rings (SSSR count). The van der Waals surface area contributed by atoms with Crippen LogP contribution >= 0.6 is 11.6 Å². The number of pyridine rings is 1. The Balaban J connectivity index is 2.09. The number of benzene rings is 1. The van der Waals surface area contributed by atoms with Crippen LogP contribution in [-0.4, -0.2) is 10.8 Å². The summed E-state index contributed by atoms with van der Waals surface area (Å²) in [6.45, 7) is 1.88. The van der Waals surface area contributed by atoms with Crippen LogP contribution in [0.2, 0.25) is 5.02 Å². The number of rotatable bonds is 4. The zero-order chi connectivity index (χ0) is 13.0. The third-order valence-electron chi connectivity index (χ3n) is 2.49. The predicted octanol–water partition coefficient (Wildman–Crippen LogP) is 3.52. The zero-order valence-corrected chi connectivity index (χ0v) is 10.6. The molecule has 0 fully saturated rings. The summed E-state index contributed by atoms with van der Waals surface area (Å²) in [5.41, 5.74) is 1.49. The molecule has 0 aliphatic heterocycles. The Morgan fingerprint density at radius 1 is 1.39 bits per heavy atom. The van der Waals surface area contributed by atoms with Gasteiger partial charge in [-0.05, 0) is 25.1 Å². The molecule has 2 aromatic rings. The molecule has 1 aromatic carbocycles. The smallest absolute Gasteiger partial charge is 0.159 e. The summed E-state index contributed by atoms with van der Waals surface area (Å²) in [7, 11) is 0. The van der Waals surface area contributed by atoms with Gasteiger partial charge in [0.2, 0.25) is 0 Å². The maximum absolute atomic E-state index is 11.2. The van der Waals surface area contributed by atoms with Gasteiger partial charge in [-0.25, -0.2) is 0 Å². The first kappa shape index (κ1) is 12.6. The van der Waals surface area contributed by atoms with Crippen LogP contribution in [0.3, 0.4) is 0 Å². The predicted molar refractivity (Wildman–Crippen MR) is 70.0 cm³/mol. The molecule has 92 valence electrons. The lowest BCUT2D eigenvalue weighted by Crippen LogP contribution is -1.98. The Kier molecular flexibility index (Phi) is 3.95. The molecule has 0 saturated carbocycles. The SMILES string of the molecule is CC(=O)c1cccc(OCc2ccncc2Cl)c1.